The van der Waals surface area contributed by atoms with Crippen LogP contribution in [0.15, 0.2) is 22.7 Å². The molecule has 2 N–H and O–H groups in total. The molecule has 106 valence electrons. The van der Waals surface area contributed by atoms with Gasteiger partial charge < -0.3 is 15.4 Å². The molecule has 19 heavy (non-hydrogen) atoms. The summed E-state index contributed by atoms with van der Waals surface area (Å²) in [5.41, 5.74) is 8.42. The molecule has 1 heterocycles. The Kier molecular flexibility index (Phi) is 5.25. The highest BCUT2D eigenvalue weighted by molar-refractivity contribution is 9.10. The fourth-order valence-electron chi connectivity index (χ4n) is 2.64. The summed E-state index contributed by atoms with van der Waals surface area (Å²) in [4.78, 5) is 2.43. The van der Waals surface area contributed by atoms with Gasteiger partial charge in [-0.05, 0) is 59.8 Å². The second kappa shape index (κ2) is 6.73. The van der Waals surface area contributed by atoms with E-state index in [-0.39, 0.29) is 6.04 Å². The standard InChI is InChI=1S/C15H23BrN2O/c1-11(17)9-12-3-4-15(14(16)10-12)18-7-5-13(19-2)6-8-18/h3-4,10-11,13H,5-9,17H2,1-2H3. The zero-order chi connectivity index (χ0) is 13.8. The predicted octanol–water partition coefficient (Wildman–Crippen LogP) is 2.95. The molecule has 0 bridgehead atoms. The van der Waals surface area contributed by atoms with Gasteiger partial charge in [0.15, 0.2) is 0 Å². The van der Waals surface area contributed by atoms with Gasteiger partial charge in [-0.25, -0.2) is 0 Å². The lowest BCUT2D eigenvalue weighted by Crippen LogP contribution is -2.36. The Morgan fingerprint density at radius 3 is 2.63 bits per heavy atom. The zero-order valence-corrected chi connectivity index (χ0v) is 13.3. The molecule has 1 aromatic rings. The number of ether oxygens (including phenoxy) is 1. The van der Waals surface area contributed by atoms with E-state index >= 15 is 0 Å². The van der Waals surface area contributed by atoms with Gasteiger partial charge in [0, 0.05) is 30.7 Å². The Morgan fingerprint density at radius 2 is 2.11 bits per heavy atom. The number of hydrogen-bond acceptors (Lipinski definition) is 3. The summed E-state index contributed by atoms with van der Waals surface area (Å²) in [6, 6.07) is 6.79. The predicted molar refractivity (Wildman–Crippen MR) is 83.7 cm³/mol. The normalized spacial score (nSPS) is 18.6. The third-order valence-corrected chi connectivity index (χ3v) is 4.32. The molecule has 1 fully saturated rings. The highest BCUT2D eigenvalue weighted by Gasteiger charge is 2.20. The first-order valence-electron chi connectivity index (χ1n) is 6.92. The fraction of sp³-hybridized carbons (Fsp3) is 0.600. The molecule has 1 aromatic carbocycles. The van der Waals surface area contributed by atoms with E-state index in [9.17, 15) is 0 Å². The van der Waals surface area contributed by atoms with Crippen LogP contribution in [0.4, 0.5) is 5.69 Å². The van der Waals surface area contributed by atoms with E-state index in [4.69, 9.17) is 10.5 Å². The summed E-state index contributed by atoms with van der Waals surface area (Å²) in [6.07, 6.45) is 3.55. The molecule has 0 spiro atoms. The van der Waals surface area contributed by atoms with Crippen LogP contribution in [0, 0.1) is 0 Å². The van der Waals surface area contributed by atoms with Crippen molar-refractivity contribution in [1.82, 2.24) is 0 Å². The molecule has 0 amide bonds. The maximum absolute atomic E-state index is 5.85. The number of methoxy groups -OCH3 is 1. The van der Waals surface area contributed by atoms with Gasteiger partial charge in [-0.15, -0.1) is 0 Å². The summed E-state index contributed by atoms with van der Waals surface area (Å²) in [5, 5.41) is 0. The second-order valence-electron chi connectivity index (χ2n) is 5.39. The average molecular weight is 327 g/mol. The molecule has 1 unspecified atom stereocenters. The highest BCUT2D eigenvalue weighted by atomic mass is 79.9. The minimum absolute atomic E-state index is 0.204. The van der Waals surface area contributed by atoms with Crippen LogP contribution in [0.3, 0.4) is 0 Å². The van der Waals surface area contributed by atoms with E-state index < -0.39 is 0 Å². The Labute approximate surface area is 124 Å². The van der Waals surface area contributed by atoms with E-state index in [1.807, 2.05) is 6.92 Å². The summed E-state index contributed by atoms with van der Waals surface area (Å²) in [5.74, 6) is 0. The van der Waals surface area contributed by atoms with Crippen molar-refractivity contribution in [3.05, 3.63) is 28.2 Å². The van der Waals surface area contributed by atoms with Crippen LogP contribution in [0.2, 0.25) is 0 Å². The van der Waals surface area contributed by atoms with E-state index in [0.29, 0.717) is 6.10 Å². The highest BCUT2D eigenvalue weighted by Crippen LogP contribution is 2.30. The number of piperidine rings is 1. The topological polar surface area (TPSA) is 38.5 Å². The lowest BCUT2D eigenvalue weighted by atomic mass is 10.0. The average Bonchev–Trinajstić information content (AvgIpc) is 2.38. The molecule has 0 aliphatic carbocycles. The van der Waals surface area contributed by atoms with Crippen molar-refractivity contribution in [2.45, 2.75) is 38.3 Å². The lowest BCUT2D eigenvalue weighted by molar-refractivity contribution is 0.0819. The van der Waals surface area contributed by atoms with Gasteiger partial charge in [0.1, 0.15) is 0 Å². The first-order valence-corrected chi connectivity index (χ1v) is 7.71. The van der Waals surface area contributed by atoms with Crippen LogP contribution in [0.5, 0.6) is 0 Å². The van der Waals surface area contributed by atoms with Crippen LogP contribution in [0.1, 0.15) is 25.3 Å². The number of anilines is 1. The SMILES string of the molecule is COC1CCN(c2ccc(CC(C)N)cc2Br)CC1. The molecule has 1 atom stereocenters. The van der Waals surface area contributed by atoms with E-state index in [1.54, 1.807) is 7.11 Å². The summed E-state index contributed by atoms with van der Waals surface area (Å²) in [6.45, 7) is 4.16. The van der Waals surface area contributed by atoms with Gasteiger partial charge in [-0.2, -0.15) is 0 Å². The van der Waals surface area contributed by atoms with Crippen molar-refractivity contribution in [1.29, 1.82) is 0 Å². The quantitative estimate of drug-likeness (QED) is 0.924. The molecule has 4 heteroatoms. The molecule has 0 radical (unpaired) electrons. The zero-order valence-electron chi connectivity index (χ0n) is 11.7. The smallest absolute Gasteiger partial charge is 0.0605 e. The Balaban J connectivity index is 2.05. The van der Waals surface area contributed by atoms with Crippen molar-refractivity contribution in [2.75, 3.05) is 25.1 Å². The van der Waals surface area contributed by atoms with Gasteiger partial charge >= 0.3 is 0 Å². The third kappa shape index (κ3) is 3.94. The van der Waals surface area contributed by atoms with Crippen LogP contribution >= 0.6 is 15.9 Å². The van der Waals surface area contributed by atoms with Gasteiger partial charge in [0.2, 0.25) is 0 Å². The van der Waals surface area contributed by atoms with Crippen LogP contribution < -0.4 is 10.6 Å². The van der Waals surface area contributed by atoms with Crippen molar-refractivity contribution in [3.8, 4) is 0 Å². The van der Waals surface area contributed by atoms with E-state index in [2.05, 4.69) is 39.0 Å². The molecule has 1 saturated heterocycles. The minimum Gasteiger partial charge on any atom is -0.381 e. The molecule has 1 aliphatic heterocycles. The molecule has 0 aromatic heterocycles. The maximum atomic E-state index is 5.85. The molecular formula is C15H23BrN2O. The fourth-order valence-corrected chi connectivity index (χ4v) is 3.31. The summed E-state index contributed by atoms with van der Waals surface area (Å²) >= 11 is 3.69. The van der Waals surface area contributed by atoms with Crippen molar-refractivity contribution in [3.63, 3.8) is 0 Å². The second-order valence-corrected chi connectivity index (χ2v) is 6.24. The molecule has 2 rings (SSSR count). The van der Waals surface area contributed by atoms with Crippen LogP contribution in [-0.2, 0) is 11.2 Å². The number of halogens is 1. The summed E-state index contributed by atoms with van der Waals surface area (Å²) < 4.78 is 6.58. The number of hydrogen-bond donors (Lipinski definition) is 1. The summed E-state index contributed by atoms with van der Waals surface area (Å²) in [7, 11) is 1.80. The van der Waals surface area contributed by atoms with Gasteiger partial charge in [-0.1, -0.05) is 6.07 Å². The first-order chi connectivity index (χ1) is 9.10. The maximum Gasteiger partial charge on any atom is 0.0605 e. The Hall–Kier alpha value is -0.580. The van der Waals surface area contributed by atoms with Crippen LogP contribution in [-0.4, -0.2) is 32.3 Å². The number of nitrogens with zero attached hydrogens (tertiary/aromatic N) is 1. The van der Waals surface area contributed by atoms with Crippen molar-refractivity contribution >= 4 is 21.6 Å². The Bertz CT molecular complexity index is 415. The largest absolute Gasteiger partial charge is 0.381 e. The van der Waals surface area contributed by atoms with Gasteiger partial charge in [0.25, 0.3) is 0 Å². The number of rotatable bonds is 4. The molecule has 1 aliphatic rings. The Morgan fingerprint density at radius 1 is 1.42 bits per heavy atom. The monoisotopic (exact) mass is 326 g/mol. The van der Waals surface area contributed by atoms with E-state index in [1.165, 1.54) is 15.7 Å². The van der Waals surface area contributed by atoms with Crippen molar-refractivity contribution < 1.29 is 4.74 Å². The van der Waals surface area contributed by atoms with Gasteiger partial charge in [-0.3, -0.25) is 0 Å². The van der Waals surface area contributed by atoms with Crippen molar-refractivity contribution in [2.24, 2.45) is 5.73 Å². The molecule has 0 saturated carbocycles. The number of nitrogens with two attached hydrogens (primary N) is 1. The lowest BCUT2D eigenvalue weighted by Gasteiger charge is -2.33. The number of benzene rings is 1. The van der Waals surface area contributed by atoms with Gasteiger partial charge in [0.05, 0.1) is 11.8 Å². The molecular weight excluding hydrogens is 304 g/mol. The molecule has 3 nitrogen and oxygen atoms in total. The van der Waals surface area contributed by atoms with Crippen LogP contribution in [0.25, 0.3) is 0 Å². The first kappa shape index (κ1) is 14.8. The third-order valence-electron chi connectivity index (χ3n) is 3.69. The minimum atomic E-state index is 0.204. The van der Waals surface area contributed by atoms with E-state index in [0.717, 1.165) is 32.4 Å².